The molecule has 90 valence electrons. The second-order valence-corrected chi connectivity index (χ2v) is 4.56. The largest absolute Gasteiger partial charge is 0.326 e. The van der Waals surface area contributed by atoms with Crippen LogP contribution in [0, 0.1) is 13.8 Å². The van der Waals surface area contributed by atoms with Gasteiger partial charge in [-0.25, -0.2) is 4.98 Å². The molecule has 2 aromatic rings. The first-order valence-corrected chi connectivity index (χ1v) is 5.94. The van der Waals surface area contributed by atoms with Crippen LogP contribution < -0.4 is 5.32 Å². The van der Waals surface area contributed by atoms with Crippen molar-refractivity contribution in [3.63, 3.8) is 0 Å². The van der Waals surface area contributed by atoms with E-state index < -0.39 is 0 Å². The van der Waals surface area contributed by atoms with E-state index in [-0.39, 0.29) is 0 Å². The third kappa shape index (κ3) is 1.50. The lowest BCUT2D eigenvalue weighted by Gasteiger charge is -2.17. The maximum absolute atomic E-state index is 4.49. The lowest BCUT2D eigenvalue weighted by molar-refractivity contribution is 0.508. The smallest absolute Gasteiger partial charge is 0.123 e. The molecule has 17 heavy (non-hydrogen) atoms. The molecule has 3 rings (SSSR count). The first-order chi connectivity index (χ1) is 8.18. The number of aromatic nitrogens is 4. The molecule has 1 aliphatic rings. The quantitative estimate of drug-likeness (QED) is 0.796. The average molecular weight is 231 g/mol. The van der Waals surface area contributed by atoms with Crippen molar-refractivity contribution in [2.24, 2.45) is 7.05 Å². The van der Waals surface area contributed by atoms with Crippen molar-refractivity contribution < 1.29 is 0 Å². The molecule has 5 heteroatoms. The average Bonchev–Trinajstić information content (AvgIpc) is 2.82. The van der Waals surface area contributed by atoms with Crippen LogP contribution in [-0.4, -0.2) is 25.9 Å². The van der Waals surface area contributed by atoms with Crippen molar-refractivity contribution in [1.82, 2.24) is 24.6 Å². The van der Waals surface area contributed by atoms with E-state index in [1.54, 1.807) is 0 Å². The van der Waals surface area contributed by atoms with Crippen molar-refractivity contribution in [3.05, 3.63) is 23.4 Å². The Kier molecular flexibility index (Phi) is 2.29. The van der Waals surface area contributed by atoms with Gasteiger partial charge in [0.05, 0.1) is 24.1 Å². The van der Waals surface area contributed by atoms with Crippen LogP contribution in [0.15, 0.2) is 6.20 Å². The minimum atomic E-state index is 0.859. The van der Waals surface area contributed by atoms with Crippen LogP contribution >= 0.6 is 0 Å². The fraction of sp³-hybridized carbons (Fsp3) is 0.500. The fourth-order valence-corrected chi connectivity index (χ4v) is 2.54. The van der Waals surface area contributed by atoms with Crippen LogP contribution in [0.2, 0.25) is 0 Å². The second kappa shape index (κ2) is 3.70. The Morgan fingerprint density at radius 1 is 1.35 bits per heavy atom. The summed E-state index contributed by atoms with van der Waals surface area (Å²) >= 11 is 0. The van der Waals surface area contributed by atoms with Gasteiger partial charge in [0.15, 0.2) is 0 Å². The second-order valence-electron chi connectivity index (χ2n) is 4.56. The van der Waals surface area contributed by atoms with Crippen LogP contribution in [0.1, 0.15) is 17.2 Å². The first-order valence-electron chi connectivity index (χ1n) is 5.94. The maximum Gasteiger partial charge on any atom is 0.123 e. The molecule has 0 atom stereocenters. The summed E-state index contributed by atoms with van der Waals surface area (Å²) < 4.78 is 4.24. The van der Waals surface area contributed by atoms with Gasteiger partial charge in [-0.05, 0) is 13.8 Å². The number of aryl methyl sites for hydroxylation is 2. The summed E-state index contributed by atoms with van der Waals surface area (Å²) in [4.78, 5) is 4.49. The van der Waals surface area contributed by atoms with Gasteiger partial charge in [-0.2, -0.15) is 5.10 Å². The minimum absolute atomic E-state index is 0.859. The van der Waals surface area contributed by atoms with Crippen molar-refractivity contribution in [3.8, 4) is 11.3 Å². The SMILES string of the molecule is Cc1nn(C)c(C)c1-c1cnc2n1CCNC2. The molecule has 0 bridgehead atoms. The van der Waals surface area contributed by atoms with E-state index in [0.717, 1.165) is 31.2 Å². The molecule has 0 amide bonds. The van der Waals surface area contributed by atoms with Crippen molar-refractivity contribution in [1.29, 1.82) is 0 Å². The van der Waals surface area contributed by atoms with Crippen LogP contribution in [0.25, 0.3) is 11.3 Å². The summed E-state index contributed by atoms with van der Waals surface area (Å²) in [7, 11) is 1.99. The zero-order valence-corrected chi connectivity index (χ0v) is 10.5. The van der Waals surface area contributed by atoms with E-state index >= 15 is 0 Å². The summed E-state index contributed by atoms with van der Waals surface area (Å²) in [6.07, 6.45) is 1.97. The van der Waals surface area contributed by atoms with E-state index in [4.69, 9.17) is 0 Å². The van der Waals surface area contributed by atoms with Crippen molar-refractivity contribution in [2.75, 3.05) is 6.54 Å². The number of hydrogen-bond donors (Lipinski definition) is 1. The van der Waals surface area contributed by atoms with Gasteiger partial charge < -0.3 is 9.88 Å². The van der Waals surface area contributed by atoms with E-state index in [0.29, 0.717) is 0 Å². The van der Waals surface area contributed by atoms with E-state index in [1.165, 1.54) is 17.0 Å². The highest BCUT2D eigenvalue weighted by Gasteiger charge is 2.19. The van der Waals surface area contributed by atoms with Crippen LogP contribution in [0.4, 0.5) is 0 Å². The molecule has 2 aromatic heterocycles. The Morgan fingerprint density at radius 2 is 2.18 bits per heavy atom. The molecule has 0 saturated carbocycles. The molecule has 0 saturated heterocycles. The Morgan fingerprint density at radius 3 is 2.88 bits per heavy atom. The van der Waals surface area contributed by atoms with Crippen LogP contribution in [-0.2, 0) is 20.1 Å². The number of hydrogen-bond acceptors (Lipinski definition) is 3. The van der Waals surface area contributed by atoms with Crippen LogP contribution in [0.3, 0.4) is 0 Å². The predicted octanol–water partition coefficient (Wildman–Crippen LogP) is 1.00. The normalized spacial score (nSPS) is 15.0. The molecule has 0 aromatic carbocycles. The van der Waals surface area contributed by atoms with Crippen molar-refractivity contribution >= 4 is 0 Å². The molecular weight excluding hydrogens is 214 g/mol. The fourth-order valence-electron chi connectivity index (χ4n) is 2.54. The monoisotopic (exact) mass is 231 g/mol. The Labute approximate surface area is 100 Å². The summed E-state index contributed by atoms with van der Waals surface area (Å²) in [5.74, 6) is 1.12. The van der Waals surface area contributed by atoms with Gasteiger partial charge in [-0.15, -0.1) is 0 Å². The Hall–Kier alpha value is -1.62. The highest BCUT2D eigenvalue weighted by Crippen LogP contribution is 2.27. The van der Waals surface area contributed by atoms with Gasteiger partial charge in [-0.3, -0.25) is 4.68 Å². The van der Waals surface area contributed by atoms with E-state index in [9.17, 15) is 0 Å². The molecule has 0 spiro atoms. The third-order valence-corrected chi connectivity index (χ3v) is 3.50. The standard InChI is InChI=1S/C12H17N5/c1-8-12(9(2)16(3)15-8)10-6-14-11-7-13-4-5-17(10)11/h6,13H,4-5,7H2,1-3H3. The minimum Gasteiger partial charge on any atom is -0.326 e. The molecular formula is C12H17N5. The first kappa shape index (κ1) is 10.5. The summed E-state index contributed by atoms with van der Waals surface area (Å²) in [5.41, 5.74) is 4.70. The summed E-state index contributed by atoms with van der Waals surface area (Å²) in [6.45, 7) is 7.02. The Balaban J connectivity index is 2.18. The molecule has 0 radical (unpaired) electrons. The zero-order valence-electron chi connectivity index (χ0n) is 10.5. The van der Waals surface area contributed by atoms with Crippen molar-refractivity contribution in [2.45, 2.75) is 26.9 Å². The molecule has 1 aliphatic heterocycles. The Bertz CT molecular complexity index is 564. The van der Waals surface area contributed by atoms with E-state index in [2.05, 4.69) is 33.8 Å². The van der Waals surface area contributed by atoms with Gasteiger partial charge in [0.1, 0.15) is 5.82 Å². The van der Waals surface area contributed by atoms with E-state index in [1.807, 2.05) is 17.9 Å². The van der Waals surface area contributed by atoms with Gasteiger partial charge in [0.2, 0.25) is 0 Å². The maximum atomic E-state index is 4.49. The number of nitrogens with zero attached hydrogens (tertiary/aromatic N) is 4. The third-order valence-electron chi connectivity index (χ3n) is 3.50. The highest BCUT2D eigenvalue weighted by molar-refractivity contribution is 5.65. The topological polar surface area (TPSA) is 47.7 Å². The molecule has 0 fully saturated rings. The molecule has 0 aliphatic carbocycles. The molecule has 1 N–H and O–H groups in total. The van der Waals surface area contributed by atoms with Gasteiger partial charge in [0.25, 0.3) is 0 Å². The predicted molar refractivity (Wildman–Crippen MR) is 65.6 cm³/mol. The van der Waals surface area contributed by atoms with Gasteiger partial charge in [0, 0.05) is 31.4 Å². The number of fused-ring (bicyclic) bond motifs is 1. The van der Waals surface area contributed by atoms with Gasteiger partial charge >= 0.3 is 0 Å². The number of nitrogens with one attached hydrogen (secondary N) is 1. The molecule has 5 nitrogen and oxygen atoms in total. The number of rotatable bonds is 1. The summed E-state index contributed by atoms with van der Waals surface area (Å²) in [6, 6.07) is 0. The van der Waals surface area contributed by atoms with Crippen LogP contribution in [0.5, 0.6) is 0 Å². The van der Waals surface area contributed by atoms with Gasteiger partial charge in [-0.1, -0.05) is 0 Å². The molecule has 0 unspecified atom stereocenters. The lowest BCUT2D eigenvalue weighted by atomic mass is 10.1. The molecule has 3 heterocycles. The summed E-state index contributed by atoms with van der Waals surface area (Å²) in [5, 5.41) is 7.81. The number of imidazole rings is 1. The zero-order chi connectivity index (χ0) is 12.0. The highest BCUT2D eigenvalue weighted by atomic mass is 15.3. The lowest BCUT2D eigenvalue weighted by Crippen LogP contribution is -2.28.